The van der Waals surface area contributed by atoms with Gasteiger partial charge in [-0.2, -0.15) is 5.10 Å². The second-order valence-electron chi connectivity index (χ2n) is 7.41. The third-order valence-corrected chi connectivity index (χ3v) is 5.16. The summed E-state index contributed by atoms with van der Waals surface area (Å²) in [5.74, 6) is 0.841. The van der Waals surface area contributed by atoms with Gasteiger partial charge in [-0.05, 0) is 62.9 Å². The molecule has 5 nitrogen and oxygen atoms in total. The van der Waals surface area contributed by atoms with E-state index in [0.29, 0.717) is 6.61 Å². The Morgan fingerprint density at radius 1 is 1.20 bits per heavy atom. The van der Waals surface area contributed by atoms with E-state index < -0.39 is 5.60 Å². The minimum atomic E-state index is -0.748. The molecule has 1 aromatic carbocycles. The number of hydrogen-bond donors (Lipinski definition) is 1. The van der Waals surface area contributed by atoms with Crippen molar-refractivity contribution in [2.24, 2.45) is 7.05 Å². The summed E-state index contributed by atoms with van der Waals surface area (Å²) in [4.78, 5) is 2.39. The zero-order valence-electron chi connectivity index (χ0n) is 15.5. The van der Waals surface area contributed by atoms with E-state index in [0.717, 1.165) is 44.6 Å². The van der Waals surface area contributed by atoms with Gasteiger partial charge in [-0.15, -0.1) is 0 Å². The monoisotopic (exact) mass is 343 g/mol. The molecule has 1 aliphatic rings. The Morgan fingerprint density at radius 2 is 2.04 bits per heavy atom. The van der Waals surface area contributed by atoms with Crippen LogP contribution in [-0.2, 0) is 13.6 Å². The lowest BCUT2D eigenvalue weighted by Gasteiger charge is -2.27. The van der Waals surface area contributed by atoms with E-state index in [9.17, 15) is 5.11 Å². The fraction of sp³-hybridized carbons (Fsp3) is 0.550. The van der Waals surface area contributed by atoms with Gasteiger partial charge in [0.2, 0.25) is 0 Å². The quantitative estimate of drug-likeness (QED) is 0.907. The molecule has 25 heavy (non-hydrogen) atoms. The van der Waals surface area contributed by atoms with Crippen LogP contribution in [0.2, 0.25) is 0 Å². The van der Waals surface area contributed by atoms with Crippen molar-refractivity contribution < 1.29 is 9.84 Å². The molecule has 1 aliphatic heterocycles. The van der Waals surface area contributed by atoms with Crippen LogP contribution in [0.3, 0.4) is 0 Å². The summed E-state index contributed by atoms with van der Waals surface area (Å²) in [5.41, 5.74) is 2.95. The van der Waals surface area contributed by atoms with Crippen LogP contribution in [-0.4, -0.2) is 45.1 Å². The molecule has 0 aliphatic carbocycles. The molecule has 1 atom stereocenters. The topological polar surface area (TPSA) is 50.5 Å². The summed E-state index contributed by atoms with van der Waals surface area (Å²) in [6.07, 6.45) is 6.46. The van der Waals surface area contributed by atoms with Gasteiger partial charge in [0.15, 0.2) is 0 Å². The van der Waals surface area contributed by atoms with Crippen LogP contribution in [0.5, 0.6) is 5.75 Å². The largest absolute Gasteiger partial charge is 0.491 e. The van der Waals surface area contributed by atoms with E-state index in [1.807, 2.05) is 30.1 Å². The average Bonchev–Trinajstić information content (AvgIpc) is 2.89. The Balaban J connectivity index is 1.54. The predicted molar refractivity (Wildman–Crippen MR) is 98.7 cm³/mol. The van der Waals surface area contributed by atoms with Crippen LogP contribution in [0.4, 0.5) is 0 Å². The molecule has 136 valence electrons. The van der Waals surface area contributed by atoms with E-state index >= 15 is 0 Å². The Bertz CT molecular complexity index is 713. The molecule has 2 aromatic rings. The maximum Gasteiger partial charge on any atom is 0.119 e. The van der Waals surface area contributed by atoms with Gasteiger partial charge in [0.05, 0.1) is 11.8 Å². The average molecular weight is 343 g/mol. The van der Waals surface area contributed by atoms with Crippen molar-refractivity contribution >= 4 is 0 Å². The molecule has 1 unspecified atom stereocenters. The number of nitrogens with zero attached hydrogens (tertiary/aromatic N) is 3. The van der Waals surface area contributed by atoms with Crippen LogP contribution in [0.1, 0.15) is 36.0 Å². The van der Waals surface area contributed by atoms with Crippen molar-refractivity contribution in [3.63, 3.8) is 0 Å². The molecule has 5 heteroatoms. The van der Waals surface area contributed by atoms with Crippen LogP contribution in [0, 0.1) is 13.8 Å². The van der Waals surface area contributed by atoms with E-state index in [1.54, 1.807) is 0 Å². The number of aryl methyl sites for hydroxylation is 3. The van der Waals surface area contributed by atoms with Crippen molar-refractivity contribution in [1.82, 2.24) is 14.7 Å². The van der Waals surface area contributed by atoms with Crippen molar-refractivity contribution in [1.29, 1.82) is 0 Å². The second-order valence-corrected chi connectivity index (χ2v) is 7.41. The van der Waals surface area contributed by atoms with Crippen molar-refractivity contribution in [2.75, 3.05) is 19.7 Å². The summed E-state index contributed by atoms with van der Waals surface area (Å²) in [5, 5.41) is 15.2. The fourth-order valence-electron chi connectivity index (χ4n) is 3.37. The summed E-state index contributed by atoms with van der Waals surface area (Å²) < 4.78 is 7.75. The maximum absolute atomic E-state index is 11.0. The number of aromatic nitrogens is 2. The van der Waals surface area contributed by atoms with Gasteiger partial charge in [-0.1, -0.05) is 6.07 Å². The molecule has 2 heterocycles. The Kier molecular flexibility index (Phi) is 5.45. The van der Waals surface area contributed by atoms with Crippen LogP contribution in [0.25, 0.3) is 0 Å². The molecule has 0 spiro atoms. The third kappa shape index (κ3) is 4.83. The molecular formula is C20H29N3O2. The molecule has 1 saturated heterocycles. The highest BCUT2D eigenvalue weighted by molar-refractivity contribution is 5.33. The third-order valence-electron chi connectivity index (χ3n) is 5.16. The second kappa shape index (κ2) is 7.58. The minimum absolute atomic E-state index is 0.357. The van der Waals surface area contributed by atoms with Gasteiger partial charge in [0.1, 0.15) is 12.4 Å². The first-order chi connectivity index (χ1) is 11.9. The molecule has 1 N–H and O–H groups in total. The van der Waals surface area contributed by atoms with Crippen LogP contribution >= 0.6 is 0 Å². The highest BCUT2D eigenvalue weighted by atomic mass is 16.5. The van der Waals surface area contributed by atoms with Gasteiger partial charge in [-0.3, -0.25) is 9.58 Å². The summed E-state index contributed by atoms with van der Waals surface area (Å²) in [6.45, 7) is 7.30. The van der Waals surface area contributed by atoms with Gasteiger partial charge in [-0.25, -0.2) is 0 Å². The molecule has 0 saturated carbocycles. The molecule has 0 radical (unpaired) electrons. The number of aliphatic hydroxyl groups is 1. The first-order valence-corrected chi connectivity index (χ1v) is 9.06. The van der Waals surface area contributed by atoms with E-state index in [2.05, 4.69) is 36.1 Å². The first-order valence-electron chi connectivity index (χ1n) is 9.06. The Labute approximate surface area is 150 Å². The molecule has 0 bridgehead atoms. The van der Waals surface area contributed by atoms with Crippen molar-refractivity contribution in [3.8, 4) is 5.75 Å². The number of benzene rings is 1. The summed E-state index contributed by atoms with van der Waals surface area (Å²) in [7, 11) is 1.94. The fourth-order valence-corrected chi connectivity index (χ4v) is 3.37. The molecule has 3 rings (SSSR count). The maximum atomic E-state index is 11.0. The van der Waals surface area contributed by atoms with Crippen LogP contribution < -0.4 is 4.74 Å². The van der Waals surface area contributed by atoms with Gasteiger partial charge in [0.25, 0.3) is 0 Å². The molecule has 1 aromatic heterocycles. The molecule has 1 fully saturated rings. The standard InChI is InChI=1S/C20H29N3O2/c1-16-5-6-19(11-17(16)2)25-15-20(24)7-4-9-23(10-8-20)14-18-12-21-22(3)13-18/h5-6,11-13,24H,4,7-10,14-15H2,1-3H3. The lowest BCUT2D eigenvalue weighted by molar-refractivity contribution is -0.0168. The Morgan fingerprint density at radius 3 is 2.76 bits per heavy atom. The number of hydrogen-bond acceptors (Lipinski definition) is 4. The minimum Gasteiger partial charge on any atom is -0.491 e. The lowest BCUT2D eigenvalue weighted by atomic mass is 9.96. The molecule has 0 amide bonds. The first kappa shape index (κ1) is 18.0. The summed E-state index contributed by atoms with van der Waals surface area (Å²) >= 11 is 0. The zero-order chi connectivity index (χ0) is 17.9. The van der Waals surface area contributed by atoms with E-state index in [4.69, 9.17) is 4.74 Å². The van der Waals surface area contributed by atoms with Gasteiger partial charge in [0, 0.05) is 31.9 Å². The lowest BCUT2D eigenvalue weighted by Crippen LogP contribution is -2.37. The SMILES string of the molecule is Cc1ccc(OCC2(O)CCCN(Cc3cnn(C)c3)CC2)cc1C. The smallest absolute Gasteiger partial charge is 0.119 e. The highest BCUT2D eigenvalue weighted by Crippen LogP contribution is 2.25. The number of likely N-dealkylation sites (tertiary alicyclic amines) is 1. The normalized spacial score (nSPS) is 21.9. The number of rotatable bonds is 5. The van der Waals surface area contributed by atoms with Crippen molar-refractivity contribution in [2.45, 2.75) is 45.3 Å². The van der Waals surface area contributed by atoms with Crippen LogP contribution in [0.15, 0.2) is 30.6 Å². The van der Waals surface area contributed by atoms with Gasteiger partial charge < -0.3 is 9.84 Å². The Hall–Kier alpha value is -1.85. The number of ether oxygens (including phenoxy) is 1. The van der Waals surface area contributed by atoms with Gasteiger partial charge >= 0.3 is 0 Å². The molecular weight excluding hydrogens is 314 g/mol. The van der Waals surface area contributed by atoms with E-state index in [1.165, 1.54) is 16.7 Å². The summed E-state index contributed by atoms with van der Waals surface area (Å²) in [6, 6.07) is 6.10. The zero-order valence-corrected chi connectivity index (χ0v) is 15.5. The predicted octanol–water partition coefficient (Wildman–Crippen LogP) is 2.83. The highest BCUT2D eigenvalue weighted by Gasteiger charge is 2.31. The van der Waals surface area contributed by atoms with Crippen molar-refractivity contribution in [3.05, 3.63) is 47.3 Å². The van der Waals surface area contributed by atoms with E-state index in [-0.39, 0.29) is 0 Å².